The highest BCUT2D eigenvalue weighted by Crippen LogP contribution is 2.40. The molecule has 2 N–H and O–H groups in total. The number of nitrogens with two attached hydrogens (primary N) is 1. The van der Waals surface area contributed by atoms with Crippen molar-refractivity contribution in [3.8, 4) is 12.1 Å². The number of anilines is 1. The fraction of sp³-hybridized carbons (Fsp3) is 0.417. The van der Waals surface area contributed by atoms with Crippen LogP contribution >= 0.6 is 11.8 Å². The summed E-state index contributed by atoms with van der Waals surface area (Å²) in [6.45, 7) is 3.36. The van der Waals surface area contributed by atoms with E-state index < -0.39 is 17.0 Å². The van der Waals surface area contributed by atoms with Gasteiger partial charge in [-0.25, -0.2) is 9.37 Å². The number of hydrogen-bond donors (Lipinski definition) is 1. The van der Waals surface area contributed by atoms with Gasteiger partial charge in [0.05, 0.1) is 11.1 Å². The lowest BCUT2D eigenvalue weighted by molar-refractivity contribution is -0.117. The van der Waals surface area contributed by atoms with Crippen molar-refractivity contribution in [2.45, 2.75) is 42.5 Å². The van der Waals surface area contributed by atoms with E-state index in [1.807, 2.05) is 6.92 Å². The first-order valence-electron chi connectivity index (χ1n) is 10.8. The quantitative estimate of drug-likeness (QED) is 0.623. The molecule has 0 saturated carbocycles. The Labute approximate surface area is 198 Å². The molecule has 1 aliphatic rings. The van der Waals surface area contributed by atoms with Gasteiger partial charge in [-0.15, -0.1) is 0 Å². The Morgan fingerprint density at radius 1 is 1.24 bits per heavy atom. The first-order chi connectivity index (χ1) is 15.8. The summed E-state index contributed by atoms with van der Waals surface area (Å²) >= 11 is 1.06. The van der Waals surface area contributed by atoms with Crippen LogP contribution in [-0.2, 0) is 11.2 Å². The molecule has 1 atom stereocenters. The van der Waals surface area contributed by atoms with Crippen molar-refractivity contribution in [2.24, 2.45) is 5.73 Å². The Morgan fingerprint density at radius 3 is 2.33 bits per heavy atom. The molecule has 1 aliphatic heterocycles. The Balaban J connectivity index is 2.06. The van der Waals surface area contributed by atoms with E-state index in [1.54, 1.807) is 0 Å². The van der Waals surface area contributed by atoms with Crippen molar-refractivity contribution in [2.75, 3.05) is 32.1 Å². The Kier molecular flexibility index (Phi) is 7.91. The van der Waals surface area contributed by atoms with Crippen LogP contribution in [0.25, 0.3) is 0 Å². The van der Waals surface area contributed by atoms with Crippen molar-refractivity contribution >= 4 is 23.5 Å². The molecule has 1 aromatic carbocycles. The number of primary amides is 1. The highest BCUT2D eigenvalue weighted by Gasteiger charge is 2.29. The number of nitriles is 2. The van der Waals surface area contributed by atoms with Crippen LogP contribution in [0.5, 0.6) is 0 Å². The second-order valence-electron chi connectivity index (χ2n) is 8.18. The number of aromatic nitrogens is 1. The molecule has 1 amide bonds. The number of benzene rings is 1. The van der Waals surface area contributed by atoms with E-state index in [0.717, 1.165) is 37.7 Å². The number of carbonyl (C=O) groups is 1. The number of carbonyl (C=O) groups excluding carboxylic acids is 1. The Hall–Kier alpha value is -3.14. The summed E-state index contributed by atoms with van der Waals surface area (Å²) < 4.78 is 13.4. The molecule has 7 nitrogen and oxygen atoms in total. The van der Waals surface area contributed by atoms with Crippen LogP contribution in [0.1, 0.15) is 47.3 Å². The molecule has 2 aromatic rings. The molecule has 3 rings (SSSR count). The zero-order valence-electron chi connectivity index (χ0n) is 19.0. The predicted octanol–water partition coefficient (Wildman–Crippen LogP) is 3.38. The predicted molar refractivity (Wildman–Crippen MR) is 126 cm³/mol. The summed E-state index contributed by atoms with van der Waals surface area (Å²) in [6, 6.07) is 10.4. The van der Waals surface area contributed by atoms with Crippen LogP contribution < -0.4 is 10.6 Å². The number of halogens is 1. The maximum atomic E-state index is 13.4. The largest absolute Gasteiger partial charge is 0.368 e. The fourth-order valence-electron chi connectivity index (χ4n) is 4.13. The van der Waals surface area contributed by atoms with Gasteiger partial charge >= 0.3 is 0 Å². The van der Waals surface area contributed by atoms with Crippen LogP contribution in [0.15, 0.2) is 29.3 Å². The van der Waals surface area contributed by atoms with Gasteiger partial charge in [0.2, 0.25) is 5.91 Å². The fourth-order valence-corrected chi connectivity index (χ4v) is 5.19. The van der Waals surface area contributed by atoms with E-state index in [9.17, 15) is 19.7 Å². The van der Waals surface area contributed by atoms with Crippen LogP contribution in [-0.4, -0.2) is 49.0 Å². The van der Waals surface area contributed by atoms with Crippen molar-refractivity contribution in [3.05, 3.63) is 52.3 Å². The minimum atomic E-state index is -0.852. The third-order valence-corrected chi connectivity index (χ3v) is 7.24. The van der Waals surface area contributed by atoms with Gasteiger partial charge in [0.25, 0.3) is 0 Å². The second-order valence-corrected chi connectivity index (χ2v) is 9.27. The molecule has 1 aromatic heterocycles. The van der Waals surface area contributed by atoms with Crippen molar-refractivity contribution in [3.63, 3.8) is 0 Å². The summed E-state index contributed by atoms with van der Waals surface area (Å²) in [5, 5.41) is 19.3. The van der Waals surface area contributed by atoms with E-state index in [0.29, 0.717) is 40.0 Å². The molecule has 9 heteroatoms. The minimum absolute atomic E-state index is 0.277. The Morgan fingerprint density at radius 2 is 1.85 bits per heavy atom. The van der Waals surface area contributed by atoms with Crippen molar-refractivity contribution < 1.29 is 9.18 Å². The van der Waals surface area contributed by atoms with Gasteiger partial charge in [0.15, 0.2) is 0 Å². The number of thioether (sulfide) groups is 1. The lowest BCUT2D eigenvalue weighted by Crippen LogP contribution is -2.42. The molecular formula is C24H27FN6OS. The summed E-state index contributed by atoms with van der Waals surface area (Å²) in [7, 11) is 4.12. The number of pyridine rings is 1. The molecule has 1 fully saturated rings. The van der Waals surface area contributed by atoms with E-state index in [1.165, 1.54) is 24.3 Å². The topological polar surface area (TPSA) is 110 Å². The first kappa shape index (κ1) is 24.5. The number of amides is 1. The van der Waals surface area contributed by atoms with Crippen molar-refractivity contribution in [1.82, 2.24) is 9.88 Å². The van der Waals surface area contributed by atoms with E-state index >= 15 is 0 Å². The van der Waals surface area contributed by atoms with E-state index in [2.05, 4.69) is 36.0 Å². The van der Waals surface area contributed by atoms with Gasteiger partial charge in [0.1, 0.15) is 34.0 Å². The van der Waals surface area contributed by atoms with Gasteiger partial charge in [-0.05, 0) is 56.6 Å². The van der Waals surface area contributed by atoms with Gasteiger partial charge in [-0.2, -0.15) is 10.5 Å². The Bertz CT molecular complexity index is 1100. The maximum absolute atomic E-state index is 13.4. The molecule has 33 heavy (non-hydrogen) atoms. The van der Waals surface area contributed by atoms with Crippen LogP contribution in [0.4, 0.5) is 10.2 Å². The minimum Gasteiger partial charge on any atom is -0.368 e. The van der Waals surface area contributed by atoms with Gasteiger partial charge in [-0.1, -0.05) is 30.8 Å². The third kappa shape index (κ3) is 5.27. The molecule has 2 heterocycles. The molecule has 0 radical (unpaired) electrons. The summed E-state index contributed by atoms with van der Waals surface area (Å²) in [4.78, 5) is 21.3. The molecule has 0 spiro atoms. The standard InChI is InChI=1S/C24H27FN6OS/c1-4-18-19(13-26)23(31-11-9-17(10-12-31)30(2)3)29-24(20(18)14-27)33-21(22(28)32)15-5-7-16(25)8-6-15/h5-8,17,21H,4,9-12H2,1-3H3,(H2,28,32)/t21-/m0/s1. The number of nitrogens with zero attached hydrogens (tertiary/aromatic N) is 5. The lowest BCUT2D eigenvalue weighted by atomic mass is 9.99. The summed E-state index contributed by atoms with van der Waals surface area (Å²) in [6.07, 6.45) is 2.34. The van der Waals surface area contributed by atoms with Crippen LogP contribution in [0, 0.1) is 28.5 Å². The monoisotopic (exact) mass is 466 g/mol. The lowest BCUT2D eigenvalue weighted by Gasteiger charge is -2.36. The van der Waals surface area contributed by atoms with Crippen LogP contribution in [0.3, 0.4) is 0 Å². The van der Waals surface area contributed by atoms with Crippen molar-refractivity contribution in [1.29, 1.82) is 10.5 Å². The smallest absolute Gasteiger partial charge is 0.235 e. The molecule has 0 aliphatic carbocycles. The first-order valence-corrected chi connectivity index (χ1v) is 11.7. The number of hydrogen-bond acceptors (Lipinski definition) is 7. The summed E-state index contributed by atoms with van der Waals surface area (Å²) in [5.41, 5.74) is 7.48. The van der Waals surface area contributed by atoms with Gasteiger partial charge < -0.3 is 15.5 Å². The molecule has 0 bridgehead atoms. The number of rotatable bonds is 7. The van der Waals surface area contributed by atoms with E-state index in [4.69, 9.17) is 10.7 Å². The maximum Gasteiger partial charge on any atom is 0.235 e. The van der Waals surface area contributed by atoms with Gasteiger partial charge in [-0.3, -0.25) is 4.79 Å². The molecule has 0 unspecified atom stereocenters. The van der Waals surface area contributed by atoms with Crippen LogP contribution in [0.2, 0.25) is 0 Å². The zero-order valence-corrected chi connectivity index (χ0v) is 19.8. The summed E-state index contributed by atoms with van der Waals surface area (Å²) in [5.74, 6) is -0.499. The SMILES string of the molecule is CCc1c(C#N)c(S[C@H](C(N)=O)c2ccc(F)cc2)nc(N2CCC(N(C)C)CC2)c1C#N. The molecule has 1 saturated heterocycles. The normalized spacial score (nSPS) is 15.2. The highest BCUT2D eigenvalue weighted by atomic mass is 32.2. The second kappa shape index (κ2) is 10.7. The highest BCUT2D eigenvalue weighted by molar-refractivity contribution is 8.00. The van der Waals surface area contributed by atoms with E-state index in [-0.39, 0.29) is 5.56 Å². The average Bonchev–Trinajstić information content (AvgIpc) is 2.81. The zero-order chi connectivity index (χ0) is 24.1. The van der Waals surface area contributed by atoms with Gasteiger partial charge in [0, 0.05) is 19.1 Å². The third-order valence-electron chi connectivity index (χ3n) is 5.98. The number of piperidine rings is 1. The molecule has 172 valence electrons. The average molecular weight is 467 g/mol. The molecular weight excluding hydrogens is 439 g/mol.